The number of thioether (sulfide) groups is 1. The van der Waals surface area contributed by atoms with E-state index in [4.69, 9.17) is 0 Å². The summed E-state index contributed by atoms with van der Waals surface area (Å²) in [6, 6.07) is 3.86. The zero-order valence-corrected chi connectivity index (χ0v) is 9.83. The Bertz CT molecular complexity index is 321. The van der Waals surface area contributed by atoms with Gasteiger partial charge in [0, 0.05) is 17.0 Å². The van der Waals surface area contributed by atoms with Crippen molar-refractivity contribution in [1.82, 2.24) is 4.98 Å². The van der Waals surface area contributed by atoms with Gasteiger partial charge in [0.15, 0.2) is 0 Å². The number of hydrogen-bond acceptors (Lipinski definition) is 3. The van der Waals surface area contributed by atoms with Crippen LogP contribution in [-0.2, 0) is 0 Å². The fourth-order valence-corrected chi connectivity index (χ4v) is 3.36. The van der Waals surface area contributed by atoms with Crippen molar-refractivity contribution < 1.29 is 5.11 Å². The van der Waals surface area contributed by atoms with Gasteiger partial charge in [0.25, 0.3) is 0 Å². The summed E-state index contributed by atoms with van der Waals surface area (Å²) >= 11 is 1.84. The molecule has 1 atom stereocenters. The Labute approximate surface area is 95.1 Å². The quantitative estimate of drug-likeness (QED) is 0.854. The van der Waals surface area contributed by atoms with E-state index in [0.717, 1.165) is 10.6 Å². The van der Waals surface area contributed by atoms with Gasteiger partial charge >= 0.3 is 0 Å². The second-order valence-corrected chi connectivity index (χ2v) is 5.39. The van der Waals surface area contributed by atoms with E-state index in [1.54, 1.807) is 6.92 Å². The molecule has 0 aromatic carbocycles. The fourth-order valence-electron chi connectivity index (χ4n) is 1.98. The third-order valence-corrected chi connectivity index (χ3v) is 4.20. The smallest absolute Gasteiger partial charge is 0.102 e. The topological polar surface area (TPSA) is 33.1 Å². The molecule has 1 unspecified atom stereocenters. The number of aromatic nitrogens is 1. The van der Waals surface area contributed by atoms with Crippen molar-refractivity contribution in [3.63, 3.8) is 0 Å². The number of rotatable bonds is 3. The summed E-state index contributed by atoms with van der Waals surface area (Å²) in [5, 5.41) is 11.3. The lowest BCUT2D eigenvalue weighted by Crippen LogP contribution is -2.00. The summed E-state index contributed by atoms with van der Waals surface area (Å²) < 4.78 is 0. The van der Waals surface area contributed by atoms with E-state index < -0.39 is 6.10 Å². The average molecular weight is 223 g/mol. The first-order chi connectivity index (χ1) is 7.27. The van der Waals surface area contributed by atoms with Crippen molar-refractivity contribution in [3.05, 3.63) is 23.9 Å². The van der Waals surface area contributed by atoms with Gasteiger partial charge in [-0.15, -0.1) is 11.8 Å². The van der Waals surface area contributed by atoms with Gasteiger partial charge < -0.3 is 5.11 Å². The number of aliphatic hydroxyl groups excluding tert-OH is 1. The van der Waals surface area contributed by atoms with Crippen LogP contribution in [0.25, 0.3) is 0 Å². The predicted molar refractivity (Wildman–Crippen MR) is 63.0 cm³/mol. The summed E-state index contributed by atoms with van der Waals surface area (Å²) in [4.78, 5) is 4.37. The Morgan fingerprint density at radius 2 is 2.20 bits per heavy atom. The molecule has 1 N–H and O–H groups in total. The van der Waals surface area contributed by atoms with E-state index >= 15 is 0 Å². The van der Waals surface area contributed by atoms with E-state index in [1.807, 2.05) is 30.1 Å². The molecule has 0 bridgehead atoms. The molecular weight excluding hydrogens is 206 g/mol. The van der Waals surface area contributed by atoms with Crippen LogP contribution in [0.4, 0.5) is 0 Å². The Morgan fingerprint density at radius 1 is 1.47 bits per heavy atom. The molecule has 1 saturated carbocycles. The maximum Gasteiger partial charge on any atom is 0.102 e. The van der Waals surface area contributed by atoms with E-state index in [9.17, 15) is 5.11 Å². The number of pyridine rings is 1. The van der Waals surface area contributed by atoms with Crippen molar-refractivity contribution in [1.29, 1.82) is 0 Å². The normalized spacial score (nSPS) is 19.3. The van der Waals surface area contributed by atoms with E-state index in [1.165, 1.54) is 25.7 Å². The minimum atomic E-state index is -0.414. The van der Waals surface area contributed by atoms with Crippen molar-refractivity contribution in [2.24, 2.45) is 0 Å². The van der Waals surface area contributed by atoms with Crippen molar-refractivity contribution >= 4 is 11.8 Å². The van der Waals surface area contributed by atoms with Crippen molar-refractivity contribution in [2.75, 3.05) is 0 Å². The van der Waals surface area contributed by atoms with Crippen LogP contribution >= 0.6 is 11.8 Å². The van der Waals surface area contributed by atoms with Gasteiger partial charge in [-0.05, 0) is 25.8 Å². The Kier molecular flexibility index (Phi) is 3.65. The molecule has 0 amide bonds. The van der Waals surface area contributed by atoms with Crippen LogP contribution in [0.15, 0.2) is 23.4 Å². The lowest BCUT2D eigenvalue weighted by atomic mass is 10.2. The molecule has 1 aliphatic rings. The van der Waals surface area contributed by atoms with Gasteiger partial charge in [0.2, 0.25) is 0 Å². The van der Waals surface area contributed by atoms with Gasteiger partial charge in [0.05, 0.1) is 6.10 Å². The van der Waals surface area contributed by atoms with E-state index in [2.05, 4.69) is 4.98 Å². The lowest BCUT2D eigenvalue weighted by molar-refractivity contribution is 0.195. The first kappa shape index (κ1) is 11.0. The van der Waals surface area contributed by atoms with Gasteiger partial charge in [-0.3, -0.25) is 0 Å². The predicted octanol–water partition coefficient (Wildman–Crippen LogP) is 3.17. The standard InChI is InChI=1S/C12H17NOS/c1-9(14)11-7-4-8-13-12(11)15-10-5-2-3-6-10/h4,7-10,14H,2-3,5-6H2,1H3. The van der Waals surface area contributed by atoms with Crippen LogP contribution in [0.3, 0.4) is 0 Å². The van der Waals surface area contributed by atoms with Gasteiger partial charge in [0.1, 0.15) is 5.03 Å². The second-order valence-electron chi connectivity index (χ2n) is 4.10. The molecule has 0 radical (unpaired) electrons. The van der Waals surface area contributed by atoms with Crippen LogP contribution in [0.2, 0.25) is 0 Å². The molecular formula is C12H17NOS. The number of nitrogens with zero attached hydrogens (tertiary/aromatic N) is 1. The molecule has 1 aromatic heterocycles. The average Bonchev–Trinajstić information content (AvgIpc) is 2.71. The van der Waals surface area contributed by atoms with Crippen LogP contribution in [0.1, 0.15) is 44.3 Å². The van der Waals surface area contributed by atoms with Crippen LogP contribution in [0.5, 0.6) is 0 Å². The number of hydrogen-bond donors (Lipinski definition) is 1. The highest BCUT2D eigenvalue weighted by Crippen LogP contribution is 2.36. The second kappa shape index (κ2) is 4.99. The maximum absolute atomic E-state index is 9.63. The van der Waals surface area contributed by atoms with Crippen LogP contribution < -0.4 is 0 Å². The molecule has 1 heterocycles. The summed E-state index contributed by atoms with van der Waals surface area (Å²) in [7, 11) is 0. The number of aliphatic hydroxyl groups is 1. The molecule has 1 aromatic rings. The molecule has 0 spiro atoms. The van der Waals surface area contributed by atoms with E-state index in [0.29, 0.717) is 5.25 Å². The van der Waals surface area contributed by atoms with E-state index in [-0.39, 0.29) is 0 Å². The van der Waals surface area contributed by atoms with Crippen molar-refractivity contribution in [2.45, 2.75) is 49.0 Å². The van der Waals surface area contributed by atoms with Gasteiger partial charge in [-0.1, -0.05) is 18.9 Å². The molecule has 1 aliphatic carbocycles. The Balaban J connectivity index is 2.12. The molecule has 2 nitrogen and oxygen atoms in total. The molecule has 15 heavy (non-hydrogen) atoms. The van der Waals surface area contributed by atoms with Crippen LogP contribution in [0, 0.1) is 0 Å². The zero-order valence-electron chi connectivity index (χ0n) is 9.02. The minimum absolute atomic E-state index is 0.414. The SMILES string of the molecule is CC(O)c1cccnc1SC1CCCC1. The molecule has 0 aliphatic heterocycles. The molecule has 3 heteroatoms. The summed E-state index contributed by atoms with van der Waals surface area (Å²) in [5.74, 6) is 0. The molecule has 0 saturated heterocycles. The highest BCUT2D eigenvalue weighted by atomic mass is 32.2. The summed E-state index contributed by atoms with van der Waals surface area (Å²) in [6.45, 7) is 1.80. The lowest BCUT2D eigenvalue weighted by Gasteiger charge is -2.13. The highest BCUT2D eigenvalue weighted by molar-refractivity contribution is 7.99. The monoisotopic (exact) mass is 223 g/mol. The third kappa shape index (κ3) is 2.73. The van der Waals surface area contributed by atoms with Crippen molar-refractivity contribution in [3.8, 4) is 0 Å². The first-order valence-corrected chi connectivity index (χ1v) is 6.45. The third-order valence-electron chi connectivity index (χ3n) is 2.83. The Hall–Kier alpha value is -0.540. The maximum atomic E-state index is 9.63. The molecule has 1 fully saturated rings. The largest absolute Gasteiger partial charge is 0.389 e. The van der Waals surface area contributed by atoms with Gasteiger partial charge in [-0.25, -0.2) is 4.98 Å². The van der Waals surface area contributed by atoms with Crippen LogP contribution in [-0.4, -0.2) is 15.3 Å². The molecule has 82 valence electrons. The zero-order chi connectivity index (χ0) is 10.7. The summed E-state index contributed by atoms with van der Waals surface area (Å²) in [6.07, 6.45) is 6.66. The highest BCUT2D eigenvalue weighted by Gasteiger charge is 2.19. The fraction of sp³-hybridized carbons (Fsp3) is 0.583. The minimum Gasteiger partial charge on any atom is -0.389 e. The first-order valence-electron chi connectivity index (χ1n) is 5.57. The Morgan fingerprint density at radius 3 is 2.87 bits per heavy atom. The van der Waals surface area contributed by atoms with Gasteiger partial charge in [-0.2, -0.15) is 0 Å². The molecule has 2 rings (SSSR count). The summed E-state index contributed by atoms with van der Waals surface area (Å²) in [5.41, 5.74) is 0.967.